The fraction of sp³-hybridized carbons (Fsp3) is 0.750. The quantitative estimate of drug-likeness (QED) is 0.869. The molecule has 1 saturated heterocycles. The Labute approximate surface area is 102 Å². The number of thiazole rings is 1. The molecule has 4 heteroatoms. The minimum atomic E-state index is 0.238. The molecule has 90 valence electrons. The lowest BCUT2D eigenvalue weighted by atomic mass is 10.1. The first kappa shape index (κ1) is 12.0. The summed E-state index contributed by atoms with van der Waals surface area (Å²) < 4.78 is 0. The normalized spacial score (nSPS) is 23.8. The summed E-state index contributed by atoms with van der Waals surface area (Å²) in [6.45, 7) is 3.28. The Morgan fingerprint density at radius 2 is 2.50 bits per heavy atom. The monoisotopic (exact) mass is 239 g/mol. The zero-order valence-corrected chi connectivity index (χ0v) is 11.0. The van der Waals surface area contributed by atoms with Gasteiger partial charge in [-0.1, -0.05) is 0 Å². The third-order valence-corrected chi connectivity index (χ3v) is 4.25. The topological polar surface area (TPSA) is 42.1 Å². The zero-order valence-electron chi connectivity index (χ0n) is 10.1. The van der Waals surface area contributed by atoms with Crippen LogP contribution in [-0.2, 0) is 12.8 Å². The van der Waals surface area contributed by atoms with E-state index in [1.165, 1.54) is 29.3 Å². The van der Waals surface area contributed by atoms with E-state index in [0.717, 1.165) is 12.8 Å². The summed E-state index contributed by atoms with van der Waals surface area (Å²) in [6.07, 6.45) is 6.72. The first-order chi connectivity index (χ1) is 7.65. The Morgan fingerprint density at radius 1 is 1.69 bits per heavy atom. The van der Waals surface area contributed by atoms with Crippen molar-refractivity contribution in [2.45, 2.75) is 44.7 Å². The molecule has 1 fully saturated rings. The van der Waals surface area contributed by atoms with E-state index < -0.39 is 0 Å². The summed E-state index contributed by atoms with van der Waals surface area (Å²) in [5.41, 5.74) is 5.79. The van der Waals surface area contributed by atoms with Crippen molar-refractivity contribution < 1.29 is 0 Å². The lowest BCUT2D eigenvalue weighted by Crippen LogP contribution is -2.26. The Kier molecular flexibility index (Phi) is 3.95. The van der Waals surface area contributed by atoms with Crippen LogP contribution in [0.4, 0.5) is 0 Å². The van der Waals surface area contributed by atoms with Crippen LogP contribution >= 0.6 is 11.3 Å². The van der Waals surface area contributed by atoms with Crippen molar-refractivity contribution in [3.8, 4) is 0 Å². The van der Waals surface area contributed by atoms with Crippen LogP contribution in [0.3, 0.4) is 0 Å². The van der Waals surface area contributed by atoms with Gasteiger partial charge in [0, 0.05) is 29.6 Å². The highest BCUT2D eigenvalue weighted by atomic mass is 32.1. The number of nitrogens with two attached hydrogens (primary N) is 1. The average Bonchev–Trinajstić information content (AvgIpc) is 2.77. The lowest BCUT2D eigenvalue weighted by molar-refractivity contribution is 0.309. The van der Waals surface area contributed by atoms with Gasteiger partial charge in [0.15, 0.2) is 0 Å². The molecule has 0 aromatic carbocycles. The van der Waals surface area contributed by atoms with Gasteiger partial charge in [0.2, 0.25) is 0 Å². The number of hydrogen-bond acceptors (Lipinski definition) is 4. The maximum Gasteiger partial charge on any atom is 0.0943 e. The summed E-state index contributed by atoms with van der Waals surface area (Å²) in [5, 5.41) is 1.27. The van der Waals surface area contributed by atoms with Crippen molar-refractivity contribution in [3.05, 3.63) is 16.1 Å². The van der Waals surface area contributed by atoms with Crippen LogP contribution in [0.1, 0.15) is 29.7 Å². The molecule has 1 aliphatic rings. The lowest BCUT2D eigenvalue weighted by Gasteiger charge is -2.17. The molecule has 1 aromatic rings. The van der Waals surface area contributed by atoms with E-state index >= 15 is 0 Å². The van der Waals surface area contributed by atoms with Crippen molar-refractivity contribution in [1.82, 2.24) is 9.88 Å². The largest absolute Gasteiger partial charge is 0.328 e. The van der Waals surface area contributed by atoms with E-state index in [0.29, 0.717) is 6.04 Å². The SMILES string of the molecule is CC(N)Cc1cnc(CC2CCCN2C)s1. The molecule has 1 aromatic heterocycles. The van der Waals surface area contributed by atoms with E-state index in [1.807, 2.05) is 24.5 Å². The second-order valence-electron chi connectivity index (χ2n) is 4.88. The summed E-state index contributed by atoms with van der Waals surface area (Å²) in [5.74, 6) is 0. The number of hydrogen-bond donors (Lipinski definition) is 1. The van der Waals surface area contributed by atoms with Crippen LogP contribution in [0, 0.1) is 0 Å². The minimum Gasteiger partial charge on any atom is -0.328 e. The Balaban J connectivity index is 1.92. The molecule has 0 spiro atoms. The standard InChI is InChI=1S/C12H21N3S/c1-9(13)6-11-8-14-12(16-11)7-10-4-3-5-15(10)2/h8-10H,3-7,13H2,1-2H3. The molecule has 2 unspecified atom stereocenters. The fourth-order valence-electron chi connectivity index (χ4n) is 2.29. The Morgan fingerprint density at radius 3 is 3.12 bits per heavy atom. The van der Waals surface area contributed by atoms with Gasteiger partial charge in [0.25, 0.3) is 0 Å². The molecule has 2 atom stereocenters. The molecule has 2 heterocycles. The number of likely N-dealkylation sites (tertiary alicyclic amines) is 1. The van der Waals surface area contributed by atoms with Crippen LogP contribution in [0.5, 0.6) is 0 Å². The summed E-state index contributed by atoms with van der Waals surface area (Å²) in [7, 11) is 2.22. The van der Waals surface area contributed by atoms with Gasteiger partial charge >= 0.3 is 0 Å². The van der Waals surface area contributed by atoms with Gasteiger partial charge in [-0.15, -0.1) is 11.3 Å². The maximum atomic E-state index is 5.79. The van der Waals surface area contributed by atoms with Crippen molar-refractivity contribution >= 4 is 11.3 Å². The van der Waals surface area contributed by atoms with Gasteiger partial charge in [-0.05, 0) is 39.8 Å². The van der Waals surface area contributed by atoms with Crippen molar-refractivity contribution in [3.63, 3.8) is 0 Å². The van der Waals surface area contributed by atoms with Gasteiger partial charge in [0.05, 0.1) is 5.01 Å². The molecule has 3 nitrogen and oxygen atoms in total. The molecule has 0 saturated carbocycles. The van der Waals surface area contributed by atoms with Gasteiger partial charge < -0.3 is 10.6 Å². The van der Waals surface area contributed by atoms with E-state index in [9.17, 15) is 0 Å². The first-order valence-corrected chi connectivity index (χ1v) is 6.86. The zero-order chi connectivity index (χ0) is 11.5. The molecule has 2 N–H and O–H groups in total. The fourth-order valence-corrected chi connectivity index (χ4v) is 3.43. The maximum absolute atomic E-state index is 5.79. The number of nitrogens with zero attached hydrogens (tertiary/aromatic N) is 2. The van der Waals surface area contributed by atoms with Gasteiger partial charge in [-0.25, -0.2) is 4.98 Å². The highest BCUT2D eigenvalue weighted by Gasteiger charge is 2.22. The van der Waals surface area contributed by atoms with Crippen molar-refractivity contribution in [2.24, 2.45) is 5.73 Å². The van der Waals surface area contributed by atoms with Crippen molar-refractivity contribution in [1.29, 1.82) is 0 Å². The van der Waals surface area contributed by atoms with E-state index in [1.54, 1.807) is 0 Å². The highest BCUT2D eigenvalue weighted by molar-refractivity contribution is 7.11. The van der Waals surface area contributed by atoms with Gasteiger partial charge in [-0.3, -0.25) is 0 Å². The van der Waals surface area contributed by atoms with Crippen LogP contribution in [-0.4, -0.2) is 35.6 Å². The van der Waals surface area contributed by atoms with Gasteiger partial charge in [-0.2, -0.15) is 0 Å². The van der Waals surface area contributed by atoms with Crippen LogP contribution in [0.25, 0.3) is 0 Å². The first-order valence-electron chi connectivity index (χ1n) is 6.04. The molecule has 16 heavy (non-hydrogen) atoms. The molecule has 1 aliphatic heterocycles. The third-order valence-electron chi connectivity index (χ3n) is 3.21. The molecule has 0 amide bonds. The molecular weight excluding hydrogens is 218 g/mol. The number of likely N-dealkylation sites (N-methyl/N-ethyl adjacent to an activating group) is 1. The predicted molar refractivity (Wildman–Crippen MR) is 68.8 cm³/mol. The average molecular weight is 239 g/mol. The van der Waals surface area contributed by atoms with Crippen LogP contribution in [0.15, 0.2) is 6.20 Å². The van der Waals surface area contributed by atoms with Crippen molar-refractivity contribution in [2.75, 3.05) is 13.6 Å². The number of rotatable bonds is 4. The van der Waals surface area contributed by atoms with Gasteiger partial charge in [0.1, 0.15) is 0 Å². The summed E-state index contributed by atoms with van der Waals surface area (Å²) in [4.78, 5) is 8.28. The highest BCUT2D eigenvalue weighted by Crippen LogP contribution is 2.22. The molecule has 0 radical (unpaired) electrons. The molecule has 0 bridgehead atoms. The second-order valence-corrected chi connectivity index (χ2v) is 6.08. The molecule has 0 aliphatic carbocycles. The predicted octanol–water partition coefficient (Wildman–Crippen LogP) is 1.67. The number of aromatic nitrogens is 1. The molecular formula is C12H21N3S. The second kappa shape index (κ2) is 5.25. The molecule has 2 rings (SSSR count). The van der Waals surface area contributed by atoms with Crippen LogP contribution in [0.2, 0.25) is 0 Å². The third kappa shape index (κ3) is 3.03. The summed E-state index contributed by atoms with van der Waals surface area (Å²) in [6, 6.07) is 0.941. The Hall–Kier alpha value is -0.450. The van der Waals surface area contributed by atoms with E-state index in [-0.39, 0.29) is 6.04 Å². The van der Waals surface area contributed by atoms with Crippen LogP contribution < -0.4 is 5.73 Å². The summed E-state index contributed by atoms with van der Waals surface area (Å²) >= 11 is 1.83. The Bertz CT molecular complexity index is 335. The minimum absolute atomic E-state index is 0.238. The van der Waals surface area contributed by atoms with E-state index in [4.69, 9.17) is 5.73 Å². The smallest absolute Gasteiger partial charge is 0.0943 e. The van der Waals surface area contributed by atoms with E-state index in [2.05, 4.69) is 16.9 Å².